The lowest BCUT2D eigenvalue weighted by atomic mass is 10.1. The number of aliphatic imine (C=N–C) groups is 1. The highest BCUT2D eigenvalue weighted by atomic mass is 35.5. The number of carbonyl (C=O) groups excluding carboxylic acids is 1. The number of benzene rings is 1. The molecule has 1 aromatic rings. The first-order valence-electron chi connectivity index (χ1n) is 5.58. The molecule has 1 amide bonds. The number of guanidine groups is 1. The molecule has 18 heavy (non-hydrogen) atoms. The number of halogens is 2. The smallest absolute Gasteiger partial charge is 0.256 e. The zero-order chi connectivity index (χ0) is 13.3. The normalized spacial score (nSPS) is 18.8. The average Bonchev–Trinajstić information content (AvgIpc) is 2.62. The third-order valence-electron chi connectivity index (χ3n) is 2.45. The Morgan fingerprint density at radius 3 is 2.78 bits per heavy atom. The van der Waals surface area contributed by atoms with Crippen LogP contribution < -0.4 is 10.6 Å². The van der Waals surface area contributed by atoms with Crippen molar-refractivity contribution in [2.24, 2.45) is 4.99 Å². The molecule has 1 unspecified atom stereocenters. The lowest BCUT2D eigenvalue weighted by molar-refractivity contribution is -0.120. The van der Waals surface area contributed by atoms with Crippen LogP contribution in [0.2, 0.25) is 10.0 Å². The second-order valence-corrected chi connectivity index (χ2v) is 5.10. The maximum absolute atomic E-state index is 11.9. The molecule has 1 aliphatic heterocycles. The molecule has 0 spiro atoms. The first kappa shape index (κ1) is 13.2. The van der Waals surface area contributed by atoms with Gasteiger partial charge in [0.05, 0.1) is 10.0 Å². The predicted octanol–water partition coefficient (Wildman–Crippen LogP) is 2.52. The molecule has 2 rings (SSSR count). The summed E-state index contributed by atoms with van der Waals surface area (Å²) in [5.74, 6) is 0.262. The summed E-state index contributed by atoms with van der Waals surface area (Å²) in [5, 5.41) is 6.51. The Morgan fingerprint density at radius 1 is 1.39 bits per heavy atom. The van der Waals surface area contributed by atoms with Gasteiger partial charge < -0.3 is 5.32 Å². The first-order valence-corrected chi connectivity index (χ1v) is 6.33. The van der Waals surface area contributed by atoms with E-state index in [0.29, 0.717) is 21.6 Å². The molecule has 0 aliphatic carbocycles. The molecule has 1 heterocycles. The van der Waals surface area contributed by atoms with Crippen LogP contribution in [0.1, 0.15) is 25.5 Å². The summed E-state index contributed by atoms with van der Waals surface area (Å²) in [6.07, 6.45) is 0. The summed E-state index contributed by atoms with van der Waals surface area (Å²) in [6.45, 7) is 3.93. The van der Waals surface area contributed by atoms with Crippen LogP contribution in [0, 0.1) is 0 Å². The third-order valence-corrected chi connectivity index (χ3v) is 3.28. The van der Waals surface area contributed by atoms with E-state index in [2.05, 4.69) is 15.6 Å². The predicted molar refractivity (Wildman–Crippen MR) is 73.1 cm³/mol. The maximum atomic E-state index is 11.9. The number of carbonyl (C=O) groups is 1. The summed E-state index contributed by atoms with van der Waals surface area (Å²) >= 11 is 12.0. The van der Waals surface area contributed by atoms with Crippen molar-refractivity contribution in [2.45, 2.75) is 25.9 Å². The molecule has 4 nitrogen and oxygen atoms in total. The van der Waals surface area contributed by atoms with Crippen molar-refractivity contribution in [3.8, 4) is 0 Å². The van der Waals surface area contributed by atoms with E-state index in [1.54, 1.807) is 18.2 Å². The summed E-state index contributed by atoms with van der Waals surface area (Å²) in [5.41, 5.74) is 0.613. The Kier molecular flexibility index (Phi) is 3.78. The summed E-state index contributed by atoms with van der Waals surface area (Å²) < 4.78 is 0. The van der Waals surface area contributed by atoms with E-state index in [4.69, 9.17) is 23.2 Å². The van der Waals surface area contributed by atoms with Gasteiger partial charge in [-0.1, -0.05) is 35.3 Å². The molecule has 2 N–H and O–H groups in total. The van der Waals surface area contributed by atoms with Gasteiger partial charge in [0, 0.05) is 11.6 Å². The van der Waals surface area contributed by atoms with Gasteiger partial charge in [-0.3, -0.25) is 10.1 Å². The first-order chi connectivity index (χ1) is 8.49. The SMILES string of the molecule is CC(C)NC1=NC(c2cccc(Cl)c2Cl)C(=O)N1. The Morgan fingerprint density at radius 2 is 2.11 bits per heavy atom. The van der Waals surface area contributed by atoms with Crippen molar-refractivity contribution < 1.29 is 4.79 Å². The molecule has 6 heteroatoms. The monoisotopic (exact) mass is 285 g/mol. The second kappa shape index (κ2) is 5.16. The van der Waals surface area contributed by atoms with Crippen molar-refractivity contribution in [3.05, 3.63) is 33.8 Å². The lowest BCUT2D eigenvalue weighted by Gasteiger charge is -2.08. The maximum Gasteiger partial charge on any atom is 0.256 e. The summed E-state index contributed by atoms with van der Waals surface area (Å²) in [7, 11) is 0. The zero-order valence-corrected chi connectivity index (χ0v) is 11.5. The molecule has 0 saturated heterocycles. The minimum absolute atomic E-state index is 0.192. The number of hydrogen-bond acceptors (Lipinski definition) is 3. The Labute approximate surface area is 115 Å². The van der Waals surface area contributed by atoms with E-state index >= 15 is 0 Å². The highest BCUT2D eigenvalue weighted by Gasteiger charge is 2.30. The van der Waals surface area contributed by atoms with Gasteiger partial charge >= 0.3 is 0 Å². The van der Waals surface area contributed by atoms with Gasteiger partial charge in [-0.25, -0.2) is 4.99 Å². The topological polar surface area (TPSA) is 53.5 Å². The quantitative estimate of drug-likeness (QED) is 0.877. The van der Waals surface area contributed by atoms with Gasteiger partial charge in [0.1, 0.15) is 0 Å². The number of nitrogens with one attached hydrogen (secondary N) is 2. The number of nitrogens with zero attached hydrogens (tertiary/aromatic N) is 1. The molecule has 1 aromatic carbocycles. The van der Waals surface area contributed by atoms with Crippen LogP contribution in [-0.4, -0.2) is 17.9 Å². The molecule has 0 bridgehead atoms. The van der Waals surface area contributed by atoms with Crippen molar-refractivity contribution in [1.82, 2.24) is 10.6 Å². The molecule has 1 aliphatic rings. The molecular weight excluding hydrogens is 273 g/mol. The van der Waals surface area contributed by atoms with Crippen LogP contribution in [-0.2, 0) is 4.79 Å². The number of hydrogen-bond donors (Lipinski definition) is 2. The minimum Gasteiger partial charge on any atom is -0.354 e. The number of rotatable bonds is 2. The van der Waals surface area contributed by atoms with Crippen LogP contribution in [0.3, 0.4) is 0 Å². The molecule has 0 radical (unpaired) electrons. The Hall–Kier alpha value is -1.26. The van der Waals surface area contributed by atoms with Crippen LogP contribution in [0.15, 0.2) is 23.2 Å². The third kappa shape index (κ3) is 2.60. The molecule has 0 saturated carbocycles. The molecular formula is C12H13Cl2N3O. The van der Waals surface area contributed by atoms with E-state index in [1.807, 2.05) is 13.8 Å². The van der Waals surface area contributed by atoms with Gasteiger partial charge in [-0.05, 0) is 19.9 Å². The van der Waals surface area contributed by atoms with E-state index in [-0.39, 0.29) is 11.9 Å². The van der Waals surface area contributed by atoms with Gasteiger partial charge in [0.2, 0.25) is 0 Å². The molecule has 0 aromatic heterocycles. The van der Waals surface area contributed by atoms with Crippen molar-refractivity contribution in [1.29, 1.82) is 0 Å². The summed E-state index contributed by atoms with van der Waals surface area (Å²) in [4.78, 5) is 16.1. The second-order valence-electron chi connectivity index (χ2n) is 4.31. The number of amides is 1. The average molecular weight is 286 g/mol. The fraction of sp³-hybridized carbons (Fsp3) is 0.333. The van der Waals surface area contributed by atoms with Gasteiger partial charge in [0.25, 0.3) is 5.91 Å². The van der Waals surface area contributed by atoms with E-state index in [1.165, 1.54) is 0 Å². The van der Waals surface area contributed by atoms with Crippen LogP contribution in [0.25, 0.3) is 0 Å². The summed E-state index contributed by atoms with van der Waals surface area (Å²) in [6, 6.07) is 4.73. The Balaban J connectivity index is 2.31. The van der Waals surface area contributed by atoms with E-state index in [0.717, 1.165) is 0 Å². The highest BCUT2D eigenvalue weighted by molar-refractivity contribution is 6.42. The highest BCUT2D eigenvalue weighted by Crippen LogP contribution is 2.32. The van der Waals surface area contributed by atoms with Crippen LogP contribution >= 0.6 is 23.2 Å². The largest absolute Gasteiger partial charge is 0.354 e. The Bertz CT molecular complexity index is 514. The van der Waals surface area contributed by atoms with Crippen molar-refractivity contribution in [2.75, 3.05) is 0 Å². The van der Waals surface area contributed by atoms with Gasteiger partial charge in [-0.15, -0.1) is 0 Å². The standard InChI is InChI=1S/C12H13Cl2N3O/c1-6(2)15-12-16-10(11(18)17-12)7-4-3-5-8(13)9(7)14/h3-6,10H,1-2H3,(H2,15,16,17,18). The van der Waals surface area contributed by atoms with Crippen molar-refractivity contribution >= 4 is 35.1 Å². The molecule has 1 atom stereocenters. The molecule has 0 fully saturated rings. The zero-order valence-electron chi connectivity index (χ0n) is 10.00. The fourth-order valence-electron chi connectivity index (χ4n) is 1.69. The fourth-order valence-corrected chi connectivity index (χ4v) is 2.11. The van der Waals surface area contributed by atoms with Crippen LogP contribution in [0.5, 0.6) is 0 Å². The lowest BCUT2D eigenvalue weighted by Crippen LogP contribution is -2.40. The van der Waals surface area contributed by atoms with Crippen molar-refractivity contribution in [3.63, 3.8) is 0 Å². The van der Waals surface area contributed by atoms with Gasteiger partial charge in [0.15, 0.2) is 12.0 Å². The molecule has 96 valence electrons. The van der Waals surface area contributed by atoms with E-state index < -0.39 is 6.04 Å². The minimum atomic E-state index is -0.641. The van der Waals surface area contributed by atoms with Gasteiger partial charge in [-0.2, -0.15) is 0 Å². The van der Waals surface area contributed by atoms with Crippen LogP contribution in [0.4, 0.5) is 0 Å². The van der Waals surface area contributed by atoms with E-state index in [9.17, 15) is 4.79 Å².